The molecule has 5 nitrogen and oxygen atoms in total. The first-order valence-corrected chi connectivity index (χ1v) is 6.73. The van der Waals surface area contributed by atoms with Gasteiger partial charge in [-0.1, -0.05) is 0 Å². The zero-order valence-electron chi connectivity index (χ0n) is 11.5. The topological polar surface area (TPSA) is 65.5 Å². The van der Waals surface area contributed by atoms with Crippen LogP contribution in [-0.4, -0.2) is 47.1 Å². The Kier molecular flexibility index (Phi) is 4.37. The van der Waals surface area contributed by atoms with Crippen molar-refractivity contribution in [1.29, 1.82) is 0 Å². The average Bonchev–Trinajstić information content (AvgIpc) is 2.37. The van der Waals surface area contributed by atoms with Crippen molar-refractivity contribution in [2.75, 3.05) is 25.5 Å². The SMILES string of the molecule is CCNc1cnccc1C(=O)N(C)CC1CC(O)C1. The van der Waals surface area contributed by atoms with Crippen molar-refractivity contribution in [3.63, 3.8) is 0 Å². The maximum Gasteiger partial charge on any atom is 0.255 e. The lowest BCUT2D eigenvalue weighted by molar-refractivity contribution is 0.0265. The molecule has 2 N–H and O–H groups in total. The van der Waals surface area contributed by atoms with Crippen LogP contribution in [0.5, 0.6) is 0 Å². The number of aliphatic hydroxyl groups is 1. The Morgan fingerprint density at radius 1 is 1.58 bits per heavy atom. The van der Waals surface area contributed by atoms with Gasteiger partial charge < -0.3 is 15.3 Å². The fourth-order valence-electron chi connectivity index (χ4n) is 2.44. The second-order valence-corrected chi connectivity index (χ2v) is 5.13. The van der Waals surface area contributed by atoms with Crippen molar-refractivity contribution in [1.82, 2.24) is 9.88 Å². The zero-order valence-corrected chi connectivity index (χ0v) is 11.5. The molecule has 1 aliphatic rings. The van der Waals surface area contributed by atoms with Gasteiger partial charge in [-0.3, -0.25) is 9.78 Å². The predicted molar refractivity (Wildman–Crippen MR) is 74.1 cm³/mol. The molecule has 0 aromatic carbocycles. The average molecular weight is 263 g/mol. The lowest BCUT2D eigenvalue weighted by Gasteiger charge is -2.34. The molecule has 0 atom stereocenters. The highest BCUT2D eigenvalue weighted by Gasteiger charge is 2.29. The van der Waals surface area contributed by atoms with Gasteiger partial charge in [0.2, 0.25) is 0 Å². The molecule has 0 unspecified atom stereocenters. The highest BCUT2D eigenvalue weighted by Crippen LogP contribution is 2.28. The third-order valence-corrected chi connectivity index (χ3v) is 3.51. The lowest BCUT2D eigenvalue weighted by atomic mass is 9.82. The van der Waals surface area contributed by atoms with Crippen LogP contribution in [0, 0.1) is 5.92 Å². The predicted octanol–water partition coefficient (Wildman–Crippen LogP) is 1.36. The molecular weight excluding hydrogens is 242 g/mol. The van der Waals surface area contributed by atoms with Crippen molar-refractivity contribution in [2.45, 2.75) is 25.9 Å². The molecule has 2 rings (SSSR count). The summed E-state index contributed by atoms with van der Waals surface area (Å²) in [4.78, 5) is 18.2. The number of aromatic nitrogens is 1. The fourth-order valence-corrected chi connectivity index (χ4v) is 2.44. The van der Waals surface area contributed by atoms with E-state index in [0.29, 0.717) is 18.0 Å². The molecule has 1 aliphatic carbocycles. The van der Waals surface area contributed by atoms with E-state index >= 15 is 0 Å². The molecule has 19 heavy (non-hydrogen) atoms. The van der Waals surface area contributed by atoms with Crippen LogP contribution >= 0.6 is 0 Å². The summed E-state index contributed by atoms with van der Waals surface area (Å²) in [7, 11) is 1.81. The van der Waals surface area contributed by atoms with E-state index in [0.717, 1.165) is 25.1 Å². The van der Waals surface area contributed by atoms with E-state index in [1.54, 1.807) is 23.4 Å². The molecule has 1 aromatic heterocycles. The summed E-state index contributed by atoms with van der Waals surface area (Å²) < 4.78 is 0. The summed E-state index contributed by atoms with van der Waals surface area (Å²) in [5.41, 5.74) is 1.43. The highest BCUT2D eigenvalue weighted by molar-refractivity contribution is 5.99. The van der Waals surface area contributed by atoms with E-state index in [2.05, 4.69) is 10.3 Å². The first-order chi connectivity index (χ1) is 9.11. The Bertz CT molecular complexity index is 444. The number of rotatable bonds is 5. The minimum Gasteiger partial charge on any atom is -0.393 e. The molecule has 0 radical (unpaired) electrons. The van der Waals surface area contributed by atoms with Gasteiger partial charge in [-0.15, -0.1) is 0 Å². The standard InChI is InChI=1S/C14H21N3O2/c1-3-16-13-8-15-5-4-12(13)14(19)17(2)9-10-6-11(18)7-10/h4-5,8,10-11,16,18H,3,6-7,9H2,1-2H3. The number of pyridine rings is 1. The Balaban J connectivity index is 2.01. The molecule has 5 heteroatoms. The highest BCUT2D eigenvalue weighted by atomic mass is 16.3. The number of aliphatic hydroxyl groups excluding tert-OH is 1. The number of amides is 1. The number of carbonyl (C=O) groups excluding carboxylic acids is 1. The van der Waals surface area contributed by atoms with Gasteiger partial charge in [0.15, 0.2) is 0 Å². The van der Waals surface area contributed by atoms with Crippen LogP contribution in [0.15, 0.2) is 18.5 Å². The minimum atomic E-state index is -0.174. The molecule has 0 spiro atoms. The molecule has 0 bridgehead atoms. The molecule has 1 amide bonds. The van der Waals surface area contributed by atoms with E-state index in [4.69, 9.17) is 0 Å². The first-order valence-electron chi connectivity index (χ1n) is 6.73. The first kappa shape index (κ1) is 13.8. The molecule has 1 saturated carbocycles. The van der Waals surface area contributed by atoms with Crippen LogP contribution in [0.2, 0.25) is 0 Å². The fraction of sp³-hybridized carbons (Fsp3) is 0.571. The van der Waals surface area contributed by atoms with E-state index < -0.39 is 0 Å². The van der Waals surface area contributed by atoms with E-state index in [1.807, 2.05) is 14.0 Å². The number of hydrogen-bond donors (Lipinski definition) is 2. The second-order valence-electron chi connectivity index (χ2n) is 5.13. The molecule has 1 aromatic rings. The summed E-state index contributed by atoms with van der Waals surface area (Å²) >= 11 is 0. The van der Waals surface area contributed by atoms with E-state index in [1.165, 1.54) is 0 Å². The second kappa shape index (κ2) is 6.02. The number of anilines is 1. The normalized spacial score (nSPS) is 21.6. The van der Waals surface area contributed by atoms with Crippen LogP contribution in [0.4, 0.5) is 5.69 Å². The summed E-state index contributed by atoms with van der Waals surface area (Å²) in [6, 6.07) is 1.74. The van der Waals surface area contributed by atoms with Crippen LogP contribution in [-0.2, 0) is 0 Å². The quantitative estimate of drug-likeness (QED) is 0.841. The van der Waals surface area contributed by atoms with Gasteiger partial charge >= 0.3 is 0 Å². The van der Waals surface area contributed by atoms with Gasteiger partial charge in [-0.05, 0) is 31.7 Å². The third-order valence-electron chi connectivity index (χ3n) is 3.51. The smallest absolute Gasteiger partial charge is 0.255 e. The number of nitrogens with zero attached hydrogens (tertiary/aromatic N) is 2. The van der Waals surface area contributed by atoms with Gasteiger partial charge in [-0.25, -0.2) is 0 Å². The number of carbonyl (C=O) groups is 1. The van der Waals surface area contributed by atoms with E-state index in [-0.39, 0.29) is 12.0 Å². The van der Waals surface area contributed by atoms with Crippen LogP contribution in [0.3, 0.4) is 0 Å². The molecule has 1 fully saturated rings. The van der Waals surface area contributed by atoms with Crippen LogP contribution in [0.1, 0.15) is 30.1 Å². The van der Waals surface area contributed by atoms with Gasteiger partial charge in [0.05, 0.1) is 23.6 Å². The summed E-state index contributed by atoms with van der Waals surface area (Å²) in [6.45, 7) is 3.44. The van der Waals surface area contributed by atoms with Gasteiger partial charge in [0.25, 0.3) is 5.91 Å². The molecular formula is C14H21N3O2. The number of hydrogen-bond acceptors (Lipinski definition) is 4. The van der Waals surface area contributed by atoms with Crippen LogP contribution in [0.25, 0.3) is 0 Å². The summed E-state index contributed by atoms with van der Waals surface area (Å²) in [6.07, 6.45) is 4.74. The largest absolute Gasteiger partial charge is 0.393 e. The van der Waals surface area contributed by atoms with Crippen molar-refractivity contribution in [3.8, 4) is 0 Å². The van der Waals surface area contributed by atoms with Gasteiger partial charge in [-0.2, -0.15) is 0 Å². The minimum absolute atomic E-state index is 0.000241. The monoisotopic (exact) mass is 263 g/mol. The van der Waals surface area contributed by atoms with Gasteiger partial charge in [0, 0.05) is 26.3 Å². The Morgan fingerprint density at radius 2 is 2.32 bits per heavy atom. The van der Waals surface area contributed by atoms with Crippen molar-refractivity contribution < 1.29 is 9.90 Å². The van der Waals surface area contributed by atoms with Crippen LogP contribution < -0.4 is 5.32 Å². The van der Waals surface area contributed by atoms with Crippen molar-refractivity contribution in [2.24, 2.45) is 5.92 Å². The number of nitrogens with one attached hydrogen (secondary N) is 1. The van der Waals surface area contributed by atoms with Crippen molar-refractivity contribution >= 4 is 11.6 Å². The Hall–Kier alpha value is -1.62. The molecule has 0 saturated heterocycles. The lowest BCUT2D eigenvalue weighted by Crippen LogP contribution is -2.39. The van der Waals surface area contributed by atoms with Gasteiger partial charge in [0.1, 0.15) is 0 Å². The summed E-state index contributed by atoms with van der Waals surface area (Å²) in [5.74, 6) is 0.424. The van der Waals surface area contributed by atoms with E-state index in [9.17, 15) is 9.90 Å². The Labute approximate surface area is 113 Å². The molecule has 1 heterocycles. The maximum absolute atomic E-state index is 12.4. The molecule has 104 valence electrons. The van der Waals surface area contributed by atoms with Crippen molar-refractivity contribution in [3.05, 3.63) is 24.0 Å². The zero-order chi connectivity index (χ0) is 13.8. The molecule has 0 aliphatic heterocycles. The summed E-state index contributed by atoms with van der Waals surface area (Å²) in [5, 5.41) is 12.4. The Morgan fingerprint density at radius 3 is 2.95 bits per heavy atom. The third kappa shape index (κ3) is 3.23. The maximum atomic E-state index is 12.4.